The summed E-state index contributed by atoms with van der Waals surface area (Å²) in [5.74, 6) is -0.214. The fourth-order valence-corrected chi connectivity index (χ4v) is 5.21. The lowest BCUT2D eigenvalue weighted by molar-refractivity contribution is -0.122. The van der Waals surface area contributed by atoms with E-state index in [1.54, 1.807) is 34.9 Å². The van der Waals surface area contributed by atoms with Crippen molar-refractivity contribution in [3.8, 4) is 0 Å². The van der Waals surface area contributed by atoms with Crippen molar-refractivity contribution >= 4 is 34.6 Å². The average Bonchev–Trinajstić information content (AvgIpc) is 3.31. The van der Waals surface area contributed by atoms with Crippen molar-refractivity contribution in [2.24, 2.45) is 5.92 Å². The Morgan fingerprint density at radius 3 is 2.37 bits per heavy atom. The van der Waals surface area contributed by atoms with E-state index in [2.05, 4.69) is 27.3 Å². The van der Waals surface area contributed by atoms with Crippen LogP contribution in [0.5, 0.6) is 0 Å². The Bertz CT molecular complexity index is 1440. The predicted molar refractivity (Wildman–Crippen MR) is 147 cm³/mol. The molecule has 38 heavy (non-hydrogen) atoms. The zero-order valence-electron chi connectivity index (χ0n) is 21.3. The van der Waals surface area contributed by atoms with Crippen molar-refractivity contribution in [3.05, 3.63) is 100 Å². The zero-order chi connectivity index (χ0) is 26.6. The number of benzene rings is 2. The molecule has 0 radical (unpaired) electrons. The van der Waals surface area contributed by atoms with Crippen LogP contribution < -0.4 is 10.2 Å². The number of hydrogen-bond donors (Lipinski definition) is 1. The molecule has 0 atom stereocenters. The molecule has 5 rings (SSSR count). The number of piperidine rings is 1. The number of fused-ring (bicyclic) bond motifs is 1. The largest absolute Gasteiger partial charge is 0.371 e. The molecule has 4 aromatic rings. The molecule has 0 saturated carbocycles. The lowest BCUT2D eigenvalue weighted by Gasteiger charge is -2.33. The maximum atomic E-state index is 13.1. The van der Waals surface area contributed by atoms with Crippen LogP contribution in [-0.2, 0) is 24.2 Å². The fourth-order valence-electron chi connectivity index (χ4n) is 5.05. The quantitative estimate of drug-likeness (QED) is 0.318. The smallest absolute Gasteiger partial charge is 0.270 e. The fraction of sp³-hybridized carbons (Fsp3) is 0.300. The number of halogens is 2. The van der Waals surface area contributed by atoms with Crippen LogP contribution in [0, 0.1) is 11.7 Å². The normalized spacial score (nSPS) is 14.1. The lowest BCUT2D eigenvalue weighted by atomic mass is 9.89. The van der Waals surface area contributed by atoms with E-state index < -0.39 is 0 Å². The van der Waals surface area contributed by atoms with Gasteiger partial charge in [-0.2, -0.15) is 0 Å². The van der Waals surface area contributed by atoms with Crippen molar-refractivity contribution in [1.29, 1.82) is 0 Å². The Labute approximate surface area is 226 Å². The van der Waals surface area contributed by atoms with Crippen LogP contribution in [0.1, 0.15) is 47.1 Å². The SMILES string of the molecule is CCc1nc2ccc(Cl)cn2c1C(=O)NCc1ccc(N2CCC(C(=O)Cc3ccc(F)cc3)CC2)cc1. The molecule has 1 aliphatic heterocycles. The number of nitrogens with one attached hydrogen (secondary N) is 1. The number of aromatic nitrogens is 2. The van der Waals surface area contributed by atoms with Crippen LogP contribution in [0.25, 0.3) is 5.65 Å². The number of carbonyl (C=O) groups excluding carboxylic acids is 2. The van der Waals surface area contributed by atoms with Gasteiger partial charge in [-0.1, -0.05) is 42.8 Å². The van der Waals surface area contributed by atoms with Gasteiger partial charge in [0.15, 0.2) is 0 Å². The van der Waals surface area contributed by atoms with Gasteiger partial charge in [-0.05, 0) is 66.8 Å². The van der Waals surface area contributed by atoms with E-state index in [9.17, 15) is 14.0 Å². The summed E-state index contributed by atoms with van der Waals surface area (Å²) in [5, 5.41) is 3.56. The van der Waals surface area contributed by atoms with E-state index in [4.69, 9.17) is 11.6 Å². The van der Waals surface area contributed by atoms with Gasteiger partial charge in [0.2, 0.25) is 0 Å². The van der Waals surface area contributed by atoms with Crippen LogP contribution >= 0.6 is 11.6 Å². The van der Waals surface area contributed by atoms with Crippen molar-refractivity contribution < 1.29 is 14.0 Å². The molecule has 1 N–H and O–H groups in total. The Morgan fingerprint density at radius 1 is 1.00 bits per heavy atom. The van der Waals surface area contributed by atoms with Gasteiger partial charge in [0.05, 0.1) is 10.7 Å². The number of hydrogen-bond acceptors (Lipinski definition) is 4. The summed E-state index contributed by atoms with van der Waals surface area (Å²) in [7, 11) is 0. The minimum atomic E-state index is -0.286. The summed E-state index contributed by atoms with van der Waals surface area (Å²) in [5.41, 5.74) is 4.91. The third-order valence-electron chi connectivity index (χ3n) is 7.20. The predicted octanol–water partition coefficient (Wildman–Crippen LogP) is 5.65. The summed E-state index contributed by atoms with van der Waals surface area (Å²) in [6, 6.07) is 17.9. The van der Waals surface area contributed by atoms with Crippen molar-refractivity contribution in [2.75, 3.05) is 18.0 Å². The Balaban J connectivity index is 1.15. The molecule has 1 saturated heterocycles. The van der Waals surface area contributed by atoms with Gasteiger partial charge in [0.25, 0.3) is 5.91 Å². The van der Waals surface area contributed by atoms with Crippen molar-refractivity contribution in [1.82, 2.24) is 14.7 Å². The highest BCUT2D eigenvalue weighted by Gasteiger charge is 2.25. The van der Waals surface area contributed by atoms with Gasteiger partial charge in [-0.25, -0.2) is 9.37 Å². The first-order chi connectivity index (χ1) is 18.4. The van der Waals surface area contributed by atoms with E-state index in [0.717, 1.165) is 48.4 Å². The molecule has 0 unspecified atom stereocenters. The first-order valence-electron chi connectivity index (χ1n) is 13.0. The first kappa shape index (κ1) is 25.9. The van der Waals surface area contributed by atoms with Crippen molar-refractivity contribution in [2.45, 2.75) is 39.2 Å². The number of ketones is 1. The highest BCUT2D eigenvalue weighted by atomic mass is 35.5. The summed E-state index contributed by atoms with van der Waals surface area (Å²) in [6.07, 6.45) is 4.33. The number of aryl methyl sites for hydroxylation is 1. The lowest BCUT2D eigenvalue weighted by Crippen LogP contribution is -2.36. The minimum absolute atomic E-state index is 0.0355. The van der Waals surface area contributed by atoms with Gasteiger partial charge in [-0.15, -0.1) is 0 Å². The van der Waals surface area contributed by atoms with E-state index in [-0.39, 0.29) is 23.4 Å². The minimum Gasteiger partial charge on any atom is -0.371 e. The highest BCUT2D eigenvalue weighted by molar-refractivity contribution is 6.30. The Kier molecular flexibility index (Phi) is 7.74. The molecule has 8 heteroatoms. The summed E-state index contributed by atoms with van der Waals surface area (Å²) < 4.78 is 14.9. The molecule has 1 aliphatic rings. The standard InChI is InChI=1S/C30H30ClFN4O2/c1-2-26-29(36-19-23(31)7-12-28(36)34-26)30(38)33-18-21-5-10-25(11-6-21)35-15-13-22(14-16-35)27(37)17-20-3-8-24(32)9-4-20/h3-12,19,22H,2,13-18H2,1H3,(H,33,38). The van der Waals surface area contributed by atoms with Gasteiger partial charge in [-0.3, -0.25) is 14.0 Å². The van der Waals surface area contributed by atoms with Gasteiger partial charge in [0.1, 0.15) is 22.9 Å². The number of Topliss-reactive ketones (excluding diaryl/α,β-unsaturated/α-hetero) is 1. The monoisotopic (exact) mass is 532 g/mol. The van der Waals surface area contributed by atoms with E-state index in [1.807, 2.05) is 19.1 Å². The maximum absolute atomic E-state index is 13.1. The third-order valence-corrected chi connectivity index (χ3v) is 7.42. The Hall–Kier alpha value is -3.71. The molecule has 2 aromatic carbocycles. The second-order valence-corrected chi connectivity index (χ2v) is 10.2. The second kappa shape index (κ2) is 11.4. The van der Waals surface area contributed by atoms with Gasteiger partial charge in [0, 0.05) is 43.9 Å². The molecule has 2 aromatic heterocycles. The van der Waals surface area contributed by atoms with Crippen molar-refractivity contribution in [3.63, 3.8) is 0 Å². The number of carbonyl (C=O) groups is 2. The molecule has 1 fully saturated rings. The second-order valence-electron chi connectivity index (χ2n) is 9.72. The summed E-state index contributed by atoms with van der Waals surface area (Å²) in [4.78, 5) is 32.6. The van der Waals surface area contributed by atoms with Gasteiger partial charge >= 0.3 is 0 Å². The molecule has 0 aliphatic carbocycles. The van der Waals surface area contributed by atoms with Crippen LogP contribution in [0.15, 0.2) is 66.9 Å². The molecule has 1 amide bonds. The van der Waals surface area contributed by atoms with Gasteiger partial charge < -0.3 is 10.2 Å². The molecule has 196 valence electrons. The molecular weight excluding hydrogens is 503 g/mol. The van der Waals surface area contributed by atoms with Crippen LogP contribution in [0.4, 0.5) is 10.1 Å². The zero-order valence-corrected chi connectivity index (χ0v) is 22.0. The number of pyridine rings is 1. The molecule has 0 spiro atoms. The van der Waals surface area contributed by atoms with Crippen LogP contribution in [0.3, 0.4) is 0 Å². The molecule has 3 heterocycles. The summed E-state index contributed by atoms with van der Waals surface area (Å²) >= 11 is 6.15. The molecule has 6 nitrogen and oxygen atoms in total. The number of anilines is 1. The highest BCUT2D eigenvalue weighted by Crippen LogP contribution is 2.25. The average molecular weight is 533 g/mol. The van der Waals surface area contributed by atoms with E-state index >= 15 is 0 Å². The topological polar surface area (TPSA) is 66.7 Å². The molecular formula is C30H30ClFN4O2. The van der Waals surface area contributed by atoms with Crippen LogP contribution in [0.2, 0.25) is 5.02 Å². The van der Waals surface area contributed by atoms with E-state index in [0.29, 0.717) is 35.8 Å². The number of rotatable bonds is 8. The number of imidazole rings is 1. The molecule has 0 bridgehead atoms. The number of nitrogens with zero attached hydrogens (tertiary/aromatic N) is 3. The third kappa shape index (κ3) is 5.73. The first-order valence-corrected chi connectivity index (χ1v) is 13.3. The van der Waals surface area contributed by atoms with Crippen LogP contribution in [-0.4, -0.2) is 34.2 Å². The Morgan fingerprint density at radius 2 is 1.68 bits per heavy atom. The van der Waals surface area contributed by atoms with E-state index in [1.165, 1.54) is 12.1 Å². The summed E-state index contributed by atoms with van der Waals surface area (Å²) in [6.45, 7) is 4.00. The maximum Gasteiger partial charge on any atom is 0.270 e. The number of amides is 1.